The molecule has 1 atom stereocenters. The zero-order valence-electron chi connectivity index (χ0n) is 15.6. The number of nitrogens with one attached hydrogen (secondary N) is 1. The summed E-state index contributed by atoms with van der Waals surface area (Å²) in [6.07, 6.45) is 9.76. The average molecular weight is 297 g/mol. The Kier molecular flexibility index (Phi) is 7.70. The highest BCUT2D eigenvalue weighted by atomic mass is 15.2. The molecule has 0 saturated heterocycles. The van der Waals surface area contributed by atoms with Crippen molar-refractivity contribution in [2.45, 2.75) is 98.1 Å². The zero-order chi connectivity index (χ0) is 15.9. The molecule has 0 aromatic heterocycles. The number of hydrogen-bond acceptors (Lipinski definition) is 2. The van der Waals surface area contributed by atoms with E-state index in [9.17, 15) is 0 Å². The van der Waals surface area contributed by atoms with Gasteiger partial charge in [0.05, 0.1) is 0 Å². The van der Waals surface area contributed by atoms with Gasteiger partial charge in [0.15, 0.2) is 0 Å². The SMILES string of the molecule is CCCC(C)(CNC(C)(C)C)CN(CC)C1CCCCC1. The van der Waals surface area contributed by atoms with Gasteiger partial charge in [-0.3, -0.25) is 0 Å². The van der Waals surface area contributed by atoms with E-state index in [1.54, 1.807) is 0 Å². The highest BCUT2D eigenvalue weighted by Gasteiger charge is 2.30. The highest BCUT2D eigenvalue weighted by Crippen LogP contribution is 2.29. The maximum absolute atomic E-state index is 3.75. The molecule has 1 saturated carbocycles. The predicted molar refractivity (Wildman–Crippen MR) is 94.9 cm³/mol. The molecule has 0 spiro atoms. The van der Waals surface area contributed by atoms with Crippen LogP contribution in [0.3, 0.4) is 0 Å². The van der Waals surface area contributed by atoms with Crippen molar-refractivity contribution >= 4 is 0 Å². The van der Waals surface area contributed by atoms with Gasteiger partial charge in [0.1, 0.15) is 0 Å². The summed E-state index contributed by atoms with van der Waals surface area (Å²) >= 11 is 0. The Morgan fingerprint density at radius 2 is 1.62 bits per heavy atom. The minimum atomic E-state index is 0.219. The van der Waals surface area contributed by atoms with Crippen LogP contribution in [0.15, 0.2) is 0 Å². The summed E-state index contributed by atoms with van der Waals surface area (Å²) in [6.45, 7) is 17.6. The Bertz CT molecular complexity index is 276. The normalized spacial score (nSPS) is 20.7. The second-order valence-electron chi connectivity index (χ2n) is 8.52. The van der Waals surface area contributed by atoms with Crippen molar-refractivity contribution in [1.82, 2.24) is 10.2 Å². The van der Waals surface area contributed by atoms with Gasteiger partial charge in [0.25, 0.3) is 0 Å². The fraction of sp³-hybridized carbons (Fsp3) is 1.00. The topological polar surface area (TPSA) is 15.3 Å². The smallest absolute Gasteiger partial charge is 0.00967 e. The molecular formula is C19H40N2. The lowest BCUT2D eigenvalue weighted by molar-refractivity contribution is 0.0899. The lowest BCUT2D eigenvalue weighted by Gasteiger charge is -2.42. The van der Waals surface area contributed by atoms with Crippen LogP contribution >= 0.6 is 0 Å². The van der Waals surface area contributed by atoms with Crippen LogP contribution in [-0.2, 0) is 0 Å². The summed E-state index contributed by atoms with van der Waals surface area (Å²) in [6, 6.07) is 0.842. The van der Waals surface area contributed by atoms with Gasteiger partial charge < -0.3 is 10.2 Å². The number of nitrogens with zero attached hydrogens (tertiary/aromatic N) is 1. The largest absolute Gasteiger partial charge is 0.311 e. The molecule has 1 N–H and O–H groups in total. The summed E-state index contributed by atoms with van der Waals surface area (Å²) in [7, 11) is 0. The van der Waals surface area contributed by atoms with Crippen LogP contribution in [0.4, 0.5) is 0 Å². The average Bonchev–Trinajstić information content (AvgIpc) is 2.43. The minimum Gasteiger partial charge on any atom is -0.311 e. The van der Waals surface area contributed by atoms with E-state index in [0.717, 1.165) is 12.6 Å². The lowest BCUT2D eigenvalue weighted by atomic mass is 9.82. The third-order valence-corrected chi connectivity index (χ3v) is 4.98. The van der Waals surface area contributed by atoms with Crippen LogP contribution in [0, 0.1) is 5.41 Å². The number of hydrogen-bond donors (Lipinski definition) is 1. The van der Waals surface area contributed by atoms with Gasteiger partial charge in [-0.1, -0.05) is 46.5 Å². The van der Waals surface area contributed by atoms with E-state index in [1.807, 2.05) is 0 Å². The van der Waals surface area contributed by atoms with Crippen LogP contribution in [0.1, 0.15) is 86.5 Å². The first-order valence-electron chi connectivity index (χ1n) is 9.29. The Hall–Kier alpha value is -0.0800. The van der Waals surface area contributed by atoms with E-state index in [-0.39, 0.29) is 5.54 Å². The monoisotopic (exact) mass is 296 g/mol. The summed E-state index contributed by atoms with van der Waals surface area (Å²) in [5, 5.41) is 3.75. The predicted octanol–water partition coefficient (Wildman–Crippen LogP) is 4.84. The van der Waals surface area contributed by atoms with E-state index in [2.05, 4.69) is 51.8 Å². The molecule has 1 aliphatic carbocycles. The van der Waals surface area contributed by atoms with E-state index >= 15 is 0 Å². The molecule has 1 unspecified atom stereocenters. The van der Waals surface area contributed by atoms with Crippen molar-refractivity contribution in [1.29, 1.82) is 0 Å². The summed E-state index contributed by atoms with van der Waals surface area (Å²) in [5.74, 6) is 0. The molecule has 1 aliphatic rings. The van der Waals surface area contributed by atoms with E-state index in [1.165, 1.54) is 58.0 Å². The third-order valence-electron chi connectivity index (χ3n) is 4.98. The minimum absolute atomic E-state index is 0.219. The fourth-order valence-corrected chi connectivity index (χ4v) is 3.74. The first-order valence-corrected chi connectivity index (χ1v) is 9.29. The van der Waals surface area contributed by atoms with Gasteiger partial charge in [-0.15, -0.1) is 0 Å². The van der Waals surface area contributed by atoms with Crippen LogP contribution in [0.25, 0.3) is 0 Å². The third kappa shape index (κ3) is 7.15. The zero-order valence-corrected chi connectivity index (χ0v) is 15.6. The molecule has 2 nitrogen and oxygen atoms in total. The molecule has 0 radical (unpaired) electrons. The number of rotatable bonds is 8. The van der Waals surface area contributed by atoms with Crippen molar-refractivity contribution in [3.63, 3.8) is 0 Å². The van der Waals surface area contributed by atoms with Gasteiger partial charge >= 0.3 is 0 Å². The molecular weight excluding hydrogens is 256 g/mol. The second-order valence-corrected chi connectivity index (χ2v) is 8.52. The first-order chi connectivity index (χ1) is 9.79. The molecule has 1 fully saturated rings. The maximum Gasteiger partial charge on any atom is 0.00967 e. The molecule has 0 aromatic rings. The van der Waals surface area contributed by atoms with Crippen molar-refractivity contribution in [3.05, 3.63) is 0 Å². The maximum atomic E-state index is 3.75. The van der Waals surface area contributed by atoms with Crippen LogP contribution in [-0.4, -0.2) is 36.1 Å². The highest BCUT2D eigenvalue weighted by molar-refractivity contribution is 4.86. The molecule has 0 bridgehead atoms. The molecule has 21 heavy (non-hydrogen) atoms. The van der Waals surface area contributed by atoms with Gasteiger partial charge in [-0.05, 0) is 52.0 Å². The van der Waals surface area contributed by atoms with Crippen LogP contribution in [0.5, 0.6) is 0 Å². The standard InChI is InChI=1S/C19H40N2/c1-7-14-19(6,15-20-18(3,4)5)16-21(8-2)17-12-10-9-11-13-17/h17,20H,7-16H2,1-6H3. The Morgan fingerprint density at radius 1 is 1.00 bits per heavy atom. The van der Waals surface area contributed by atoms with Crippen molar-refractivity contribution < 1.29 is 0 Å². The molecule has 0 heterocycles. The quantitative estimate of drug-likeness (QED) is 0.690. The Morgan fingerprint density at radius 3 is 2.10 bits per heavy atom. The van der Waals surface area contributed by atoms with Crippen LogP contribution in [0.2, 0.25) is 0 Å². The summed E-state index contributed by atoms with van der Waals surface area (Å²) in [5.41, 5.74) is 0.617. The molecule has 1 rings (SSSR count). The van der Waals surface area contributed by atoms with E-state index in [4.69, 9.17) is 0 Å². The molecule has 2 heteroatoms. The van der Waals surface area contributed by atoms with Gasteiger partial charge in [-0.2, -0.15) is 0 Å². The fourth-order valence-electron chi connectivity index (χ4n) is 3.74. The van der Waals surface area contributed by atoms with Gasteiger partial charge in [0.2, 0.25) is 0 Å². The van der Waals surface area contributed by atoms with Crippen molar-refractivity contribution in [2.75, 3.05) is 19.6 Å². The van der Waals surface area contributed by atoms with E-state index < -0.39 is 0 Å². The summed E-state index contributed by atoms with van der Waals surface area (Å²) in [4.78, 5) is 2.78. The Balaban J connectivity index is 2.64. The van der Waals surface area contributed by atoms with Crippen molar-refractivity contribution in [3.8, 4) is 0 Å². The van der Waals surface area contributed by atoms with Gasteiger partial charge in [0, 0.05) is 24.7 Å². The first kappa shape index (κ1) is 19.0. The van der Waals surface area contributed by atoms with E-state index in [0.29, 0.717) is 5.41 Å². The molecule has 0 amide bonds. The van der Waals surface area contributed by atoms with Crippen molar-refractivity contribution in [2.24, 2.45) is 5.41 Å². The lowest BCUT2D eigenvalue weighted by Crippen LogP contribution is -2.50. The molecule has 0 aliphatic heterocycles. The van der Waals surface area contributed by atoms with Gasteiger partial charge in [-0.25, -0.2) is 0 Å². The molecule has 126 valence electrons. The summed E-state index contributed by atoms with van der Waals surface area (Å²) < 4.78 is 0. The van der Waals surface area contributed by atoms with Crippen LogP contribution < -0.4 is 5.32 Å². The Labute approximate surface area is 134 Å². The molecule has 0 aromatic carbocycles. The second kappa shape index (κ2) is 8.53.